The van der Waals surface area contributed by atoms with Crippen LogP contribution in [0.3, 0.4) is 0 Å². The highest BCUT2D eigenvalue weighted by molar-refractivity contribution is 7.90. The Balaban J connectivity index is 0.00000225. The molecule has 96 valence electrons. The molecule has 2 N–H and O–H groups in total. The van der Waals surface area contributed by atoms with Crippen molar-refractivity contribution in [2.75, 3.05) is 18.6 Å². The summed E-state index contributed by atoms with van der Waals surface area (Å²) in [5.74, 6) is -0.102. The smallest absolute Gasteiger partial charge is 0.237 e. The summed E-state index contributed by atoms with van der Waals surface area (Å²) >= 11 is 0. The third-order valence-corrected chi connectivity index (χ3v) is 3.42. The van der Waals surface area contributed by atoms with Crippen LogP contribution in [0.5, 0.6) is 0 Å². The second kappa shape index (κ2) is 6.42. The molecule has 16 heavy (non-hydrogen) atoms. The van der Waals surface area contributed by atoms with Gasteiger partial charge in [-0.2, -0.15) is 0 Å². The summed E-state index contributed by atoms with van der Waals surface area (Å²) in [7, 11) is -3.03. The van der Waals surface area contributed by atoms with Gasteiger partial charge in [0.05, 0.1) is 11.8 Å². The fourth-order valence-corrected chi connectivity index (χ4v) is 2.74. The van der Waals surface area contributed by atoms with E-state index >= 15 is 0 Å². The molecule has 1 fully saturated rings. The van der Waals surface area contributed by atoms with Gasteiger partial charge in [0, 0.05) is 12.3 Å². The highest BCUT2D eigenvalue weighted by atomic mass is 35.5. The maximum Gasteiger partial charge on any atom is 0.237 e. The Kier molecular flexibility index (Phi) is 6.28. The Morgan fingerprint density at radius 1 is 1.56 bits per heavy atom. The molecule has 0 saturated carbocycles. The first-order valence-corrected chi connectivity index (χ1v) is 7.16. The van der Waals surface area contributed by atoms with Crippen LogP contribution in [0, 0.1) is 0 Å². The topological polar surface area (TPSA) is 75.3 Å². The monoisotopic (exact) mass is 270 g/mol. The van der Waals surface area contributed by atoms with Crippen molar-refractivity contribution in [3.05, 3.63) is 0 Å². The van der Waals surface area contributed by atoms with Crippen molar-refractivity contribution in [2.24, 2.45) is 0 Å². The molecule has 7 heteroatoms. The van der Waals surface area contributed by atoms with Crippen LogP contribution in [0.25, 0.3) is 0 Å². The van der Waals surface area contributed by atoms with Gasteiger partial charge in [-0.3, -0.25) is 4.79 Å². The minimum atomic E-state index is -3.03. The zero-order valence-electron chi connectivity index (χ0n) is 9.52. The molecule has 2 unspecified atom stereocenters. The zero-order chi connectivity index (χ0) is 11.5. The van der Waals surface area contributed by atoms with Gasteiger partial charge in [0.1, 0.15) is 9.84 Å². The number of hydrogen-bond acceptors (Lipinski definition) is 4. The molecule has 1 heterocycles. The molecular weight excluding hydrogens is 252 g/mol. The van der Waals surface area contributed by atoms with Gasteiger partial charge in [-0.05, 0) is 26.3 Å². The normalized spacial score (nSPS) is 22.2. The first-order valence-electron chi connectivity index (χ1n) is 5.10. The Morgan fingerprint density at radius 3 is 2.62 bits per heavy atom. The van der Waals surface area contributed by atoms with Gasteiger partial charge in [-0.25, -0.2) is 8.42 Å². The lowest BCUT2D eigenvalue weighted by Crippen LogP contribution is -2.46. The zero-order valence-corrected chi connectivity index (χ0v) is 11.2. The molecule has 2 atom stereocenters. The summed E-state index contributed by atoms with van der Waals surface area (Å²) in [5.41, 5.74) is 0. The minimum Gasteiger partial charge on any atom is -0.351 e. The molecule has 0 aliphatic carbocycles. The molecule has 0 bridgehead atoms. The fraction of sp³-hybridized carbons (Fsp3) is 0.889. The van der Waals surface area contributed by atoms with Crippen molar-refractivity contribution in [2.45, 2.75) is 31.8 Å². The third kappa shape index (κ3) is 5.67. The van der Waals surface area contributed by atoms with Gasteiger partial charge in [0.25, 0.3) is 0 Å². The fourth-order valence-electron chi connectivity index (χ4n) is 1.75. The van der Waals surface area contributed by atoms with E-state index < -0.39 is 9.84 Å². The van der Waals surface area contributed by atoms with Gasteiger partial charge in [0.2, 0.25) is 5.91 Å². The summed E-state index contributed by atoms with van der Waals surface area (Å²) in [5, 5.41) is 5.76. The summed E-state index contributed by atoms with van der Waals surface area (Å²) in [6.07, 6.45) is 3.00. The Hall–Kier alpha value is -0.330. The predicted molar refractivity (Wildman–Crippen MR) is 65.6 cm³/mol. The largest absolute Gasteiger partial charge is 0.351 e. The minimum absolute atomic E-state index is 0. The average Bonchev–Trinajstić information content (AvgIpc) is 2.50. The van der Waals surface area contributed by atoms with Crippen LogP contribution in [-0.2, 0) is 14.6 Å². The van der Waals surface area contributed by atoms with Crippen LogP contribution in [0.2, 0.25) is 0 Å². The Labute approximate surface area is 103 Å². The number of carbonyl (C=O) groups is 1. The van der Waals surface area contributed by atoms with Crippen LogP contribution in [0.15, 0.2) is 0 Å². The number of rotatable bonds is 4. The van der Waals surface area contributed by atoms with E-state index in [1.165, 1.54) is 6.26 Å². The molecule has 1 saturated heterocycles. The maximum absolute atomic E-state index is 11.6. The molecule has 0 spiro atoms. The van der Waals surface area contributed by atoms with Gasteiger partial charge in [-0.1, -0.05) is 0 Å². The van der Waals surface area contributed by atoms with Crippen molar-refractivity contribution in [3.63, 3.8) is 0 Å². The summed E-state index contributed by atoms with van der Waals surface area (Å²) in [6, 6.07) is -0.470. The molecule has 0 aromatic heterocycles. The molecule has 1 aliphatic rings. The number of amides is 1. The van der Waals surface area contributed by atoms with E-state index in [0.717, 1.165) is 19.4 Å². The van der Waals surface area contributed by atoms with Gasteiger partial charge in [-0.15, -0.1) is 12.4 Å². The van der Waals surface area contributed by atoms with Crippen LogP contribution in [0.4, 0.5) is 0 Å². The van der Waals surface area contributed by atoms with E-state index in [1.54, 1.807) is 6.92 Å². The summed E-state index contributed by atoms with van der Waals surface area (Å²) in [6.45, 7) is 2.56. The molecule has 0 aromatic rings. The third-order valence-electron chi connectivity index (χ3n) is 2.32. The number of halogens is 1. The molecule has 0 radical (unpaired) electrons. The molecule has 5 nitrogen and oxygen atoms in total. The lowest BCUT2D eigenvalue weighted by Gasteiger charge is -2.16. The van der Waals surface area contributed by atoms with Crippen molar-refractivity contribution in [1.29, 1.82) is 0 Å². The van der Waals surface area contributed by atoms with Crippen molar-refractivity contribution >= 4 is 28.2 Å². The number of nitrogens with one attached hydrogen (secondary N) is 2. The lowest BCUT2D eigenvalue weighted by molar-refractivity contribution is -0.123. The second-order valence-electron chi connectivity index (χ2n) is 4.15. The number of carbonyl (C=O) groups excluding carboxylic acids is 1. The number of sulfone groups is 1. The Bertz CT molecular complexity index is 326. The molecular formula is C9H19ClN2O3S. The van der Waals surface area contributed by atoms with Crippen LogP contribution < -0.4 is 10.6 Å². The van der Waals surface area contributed by atoms with E-state index in [4.69, 9.17) is 0 Å². The molecule has 0 aromatic carbocycles. The molecule has 1 amide bonds. The lowest BCUT2D eigenvalue weighted by atomic mass is 10.2. The van der Waals surface area contributed by atoms with Crippen molar-refractivity contribution < 1.29 is 13.2 Å². The number of hydrogen-bond donors (Lipinski definition) is 2. The summed E-state index contributed by atoms with van der Waals surface area (Å²) in [4.78, 5) is 11.6. The van der Waals surface area contributed by atoms with Crippen LogP contribution in [0.1, 0.15) is 19.8 Å². The SMILES string of the molecule is CC(CS(C)(=O)=O)NC(=O)C1CCCN1.Cl. The first-order chi connectivity index (χ1) is 6.88. The first kappa shape index (κ1) is 15.7. The van der Waals surface area contributed by atoms with Gasteiger partial charge in [0.15, 0.2) is 0 Å². The van der Waals surface area contributed by atoms with Crippen molar-refractivity contribution in [1.82, 2.24) is 10.6 Å². The van der Waals surface area contributed by atoms with E-state index in [1.807, 2.05) is 0 Å². The van der Waals surface area contributed by atoms with Gasteiger partial charge < -0.3 is 10.6 Å². The van der Waals surface area contributed by atoms with E-state index in [0.29, 0.717) is 0 Å². The second-order valence-corrected chi connectivity index (χ2v) is 6.34. The average molecular weight is 271 g/mol. The highest BCUT2D eigenvalue weighted by Crippen LogP contribution is 2.05. The highest BCUT2D eigenvalue weighted by Gasteiger charge is 2.23. The quantitative estimate of drug-likeness (QED) is 0.736. The van der Waals surface area contributed by atoms with Crippen LogP contribution in [-0.4, -0.2) is 45.0 Å². The van der Waals surface area contributed by atoms with E-state index in [-0.39, 0.29) is 36.2 Å². The van der Waals surface area contributed by atoms with Crippen LogP contribution >= 0.6 is 12.4 Å². The van der Waals surface area contributed by atoms with Crippen molar-refractivity contribution in [3.8, 4) is 0 Å². The molecule has 1 aliphatic heterocycles. The van der Waals surface area contributed by atoms with E-state index in [2.05, 4.69) is 10.6 Å². The maximum atomic E-state index is 11.6. The summed E-state index contributed by atoms with van der Waals surface area (Å²) < 4.78 is 22.0. The van der Waals surface area contributed by atoms with Gasteiger partial charge >= 0.3 is 0 Å². The Morgan fingerprint density at radius 2 is 2.19 bits per heavy atom. The predicted octanol–water partition coefficient (Wildman–Crippen LogP) is -0.290. The standard InChI is InChI=1S/C9H18N2O3S.ClH/c1-7(6-15(2,13)14)11-9(12)8-4-3-5-10-8;/h7-8,10H,3-6H2,1-2H3,(H,11,12);1H. The molecule has 1 rings (SSSR count). The van der Waals surface area contributed by atoms with E-state index in [9.17, 15) is 13.2 Å².